The molecule has 0 unspecified atom stereocenters. The van der Waals surface area contributed by atoms with E-state index in [2.05, 4.69) is 19.2 Å². The monoisotopic (exact) mass is 238 g/mol. The van der Waals surface area contributed by atoms with Crippen LogP contribution in [0.5, 0.6) is 0 Å². The first-order chi connectivity index (χ1) is 8.03. The van der Waals surface area contributed by atoms with Gasteiger partial charge in [-0.2, -0.15) is 0 Å². The summed E-state index contributed by atoms with van der Waals surface area (Å²) in [5.41, 5.74) is 7.04. The van der Waals surface area contributed by atoms with E-state index in [-0.39, 0.29) is 11.2 Å². The number of hydrogen-bond donors (Lipinski definition) is 2. The molecule has 1 aromatic rings. The SMILES string of the molecule is CC(C)(CN)CCNCCc1ccc(F)cc1. The van der Waals surface area contributed by atoms with E-state index >= 15 is 0 Å². The van der Waals surface area contributed by atoms with Crippen LogP contribution < -0.4 is 11.1 Å². The normalized spacial score (nSPS) is 11.8. The van der Waals surface area contributed by atoms with Gasteiger partial charge in [0.15, 0.2) is 0 Å². The van der Waals surface area contributed by atoms with Crippen molar-refractivity contribution in [3.8, 4) is 0 Å². The molecule has 1 aromatic carbocycles. The van der Waals surface area contributed by atoms with Gasteiger partial charge in [0, 0.05) is 0 Å². The molecule has 0 aliphatic carbocycles. The van der Waals surface area contributed by atoms with Crippen molar-refractivity contribution in [2.45, 2.75) is 26.7 Å². The summed E-state index contributed by atoms with van der Waals surface area (Å²) in [6.45, 7) is 6.97. The van der Waals surface area contributed by atoms with E-state index in [4.69, 9.17) is 5.73 Å². The molecule has 0 saturated heterocycles. The minimum atomic E-state index is -0.175. The fraction of sp³-hybridized carbons (Fsp3) is 0.571. The molecule has 0 aliphatic rings. The molecule has 0 spiro atoms. The molecule has 0 aromatic heterocycles. The Morgan fingerprint density at radius 1 is 1.18 bits per heavy atom. The molecule has 0 aliphatic heterocycles. The largest absolute Gasteiger partial charge is 0.330 e. The second-order valence-corrected chi connectivity index (χ2v) is 5.24. The first-order valence-electron chi connectivity index (χ1n) is 6.19. The van der Waals surface area contributed by atoms with E-state index in [9.17, 15) is 4.39 Å². The number of nitrogens with one attached hydrogen (secondary N) is 1. The molecular formula is C14H23FN2. The second kappa shape index (κ2) is 6.72. The number of rotatable bonds is 7. The van der Waals surface area contributed by atoms with Crippen LogP contribution in [0, 0.1) is 11.2 Å². The molecule has 3 heteroatoms. The van der Waals surface area contributed by atoms with Crippen LogP contribution in [0.2, 0.25) is 0 Å². The summed E-state index contributed by atoms with van der Waals surface area (Å²) in [4.78, 5) is 0. The molecule has 1 rings (SSSR count). The van der Waals surface area contributed by atoms with Gasteiger partial charge in [0.05, 0.1) is 0 Å². The highest BCUT2D eigenvalue weighted by molar-refractivity contribution is 5.16. The molecule has 0 saturated carbocycles. The summed E-state index contributed by atoms with van der Waals surface area (Å²) in [5.74, 6) is -0.175. The van der Waals surface area contributed by atoms with Gasteiger partial charge in [-0.15, -0.1) is 0 Å². The van der Waals surface area contributed by atoms with Crippen LogP contribution in [0.15, 0.2) is 24.3 Å². The third-order valence-corrected chi connectivity index (χ3v) is 3.03. The van der Waals surface area contributed by atoms with Crippen molar-refractivity contribution >= 4 is 0 Å². The fourth-order valence-corrected chi connectivity index (χ4v) is 1.54. The van der Waals surface area contributed by atoms with E-state index in [1.54, 1.807) is 0 Å². The Hall–Kier alpha value is -0.930. The Balaban J connectivity index is 2.14. The van der Waals surface area contributed by atoms with Crippen molar-refractivity contribution in [1.29, 1.82) is 0 Å². The van der Waals surface area contributed by atoms with Crippen molar-refractivity contribution in [3.63, 3.8) is 0 Å². The van der Waals surface area contributed by atoms with Crippen molar-refractivity contribution in [1.82, 2.24) is 5.32 Å². The zero-order valence-electron chi connectivity index (χ0n) is 10.8. The third kappa shape index (κ3) is 5.80. The highest BCUT2D eigenvalue weighted by Gasteiger charge is 2.13. The lowest BCUT2D eigenvalue weighted by molar-refractivity contribution is 0.340. The van der Waals surface area contributed by atoms with Crippen LogP contribution in [0.3, 0.4) is 0 Å². The molecule has 0 amide bonds. The maximum absolute atomic E-state index is 12.7. The van der Waals surface area contributed by atoms with E-state index in [1.807, 2.05) is 12.1 Å². The van der Waals surface area contributed by atoms with Gasteiger partial charge in [0.2, 0.25) is 0 Å². The number of halogens is 1. The summed E-state index contributed by atoms with van der Waals surface area (Å²) in [6, 6.07) is 6.68. The molecule has 96 valence electrons. The summed E-state index contributed by atoms with van der Waals surface area (Å²) in [5, 5.41) is 3.39. The van der Waals surface area contributed by atoms with Gasteiger partial charge in [-0.05, 0) is 55.6 Å². The predicted molar refractivity (Wildman–Crippen MR) is 70.4 cm³/mol. The zero-order chi connectivity index (χ0) is 12.7. The van der Waals surface area contributed by atoms with E-state index < -0.39 is 0 Å². The summed E-state index contributed by atoms with van der Waals surface area (Å²) < 4.78 is 12.7. The maximum Gasteiger partial charge on any atom is 0.123 e. The van der Waals surface area contributed by atoms with Gasteiger partial charge in [0.1, 0.15) is 5.82 Å². The highest BCUT2D eigenvalue weighted by Crippen LogP contribution is 2.16. The van der Waals surface area contributed by atoms with Gasteiger partial charge in [-0.3, -0.25) is 0 Å². The number of hydrogen-bond acceptors (Lipinski definition) is 2. The van der Waals surface area contributed by atoms with Crippen molar-refractivity contribution in [2.75, 3.05) is 19.6 Å². The van der Waals surface area contributed by atoms with Gasteiger partial charge in [0.25, 0.3) is 0 Å². The van der Waals surface area contributed by atoms with Crippen LogP contribution >= 0.6 is 0 Å². The van der Waals surface area contributed by atoms with Crippen LogP contribution in [-0.2, 0) is 6.42 Å². The van der Waals surface area contributed by atoms with Crippen molar-refractivity contribution in [2.24, 2.45) is 11.1 Å². The lowest BCUT2D eigenvalue weighted by atomic mass is 9.90. The predicted octanol–water partition coefficient (Wildman–Crippen LogP) is 2.33. The topological polar surface area (TPSA) is 38.0 Å². The lowest BCUT2D eigenvalue weighted by Gasteiger charge is -2.22. The zero-order valence-corrected chi connectivity index (χ0v) is 10.8. The molecule has 17 heavy (non-hydrogen) atoms. The number of nitrogens with two attached hydrogens (primary N) is 1. The molecule has 0 bridgehead atoms. The molecule has 2 nitrogen and oxygen atoms in total. The van der Waals surface area contributed by atoms with Gasteiger partial charge in [-0.1, -0.05) is 26.0 Å². The number of benzene rings is 1. The molecule has 0 atom stereocenters. The smallest absolute Gasteiger partial charge is 0.123 e. The van der Waals surface area contributed by atoms with E-state index in [0.717, 1.165) is 31.5 Å². The molecule has 0 radical (unpaired) electrons. The van der Waals surface area contributed by atoms with Gasteiger partial charge >= 0.3 is 0 Å². The van der Waals surface area contributed by atoms with Crippen LogP contribution in [0.25, 0.3) is 0 Å². The minimum Gasteiger partial charge on any atom is -0.330 e. The molecular weight excluding hydrogens is 215 g/mol. The average molecular weight is 238 g/mol. The first-order valence-corrected chi connectivity index (χ1v) is 6.19. The standard InChI is InChI=1S/C14H23FN2/c1-14(2,11-16)8-10-17-9-7-12-3-5-13(15)6-4-12/h3-6,17H,7-11,16H2,1-2H3. The van der Waals surface area contributed by atoms with Crippen LogP contribution in [0.4, 0.5) is 4.39 Å². The Morgan fingerprint density at radius 3 is 2.41 bits per heavy atom. The Kier molecular flexibility index (Phi) is 5.59. The average Bonchev–Trinajstić information content (AvgIpc) is 2.31. The highest BCUT2D eigenvalue weighted by atomic mass is 19.1. The van der Waals surface area contributed by atoms with Crippen molar-refractivity contribution < 1.29 is 4.39 Å². The van der Waals surface area contributed by atoms with Crippen molar-refractivity contribution in [3.05, 3.63) is 35.6 Å². The first kappa shape index (κ1) is 14.1. The lowest BCUT2D eigenvalue weighted by Crippen LogP contribution is -2.29. The summed E-state index contributed by atoms with van der Waals surface area (Å²) in [6.07, 6.45) is 2.01. The Labute approximate surface area is 103 Å². The van der Waals surface area contributed by atoms with E-state index in [0.29, 0.717) is 6.54 Å². The van der Waals surface area contributed by atoms with Gasteiger partial charge < -0.3 is 11.1 Å². The summed E-state index contributed by atoms with van der Waals surface area (Å²) in [7, 11) is 0. The Morgan fingerprint density at radius 2 is 1.82 bits per heavy atom. The fourth-order valence-electron chi connectivity index (χ4n) is 1.54. The summed E-state index contributed by atoms with van der Waals surface area (Å²) >= 11 is 0. The quantitative estimate of drug-likeness (QED) is 0.716. The molecule has 0 heterocycles. The Bertz CT molecular complexity index is 319. The van der Waals surface area contributed by atoms with E-state index in [1.165, 1.54) is 12.1 Å². The van der Waals surface area contributed by atoms with Crippen LogP contribution in [-0.4, -0.2) is 19.6 Å². The van der Waals surface area contributed by atoms with Crippen LogP contribution in [0.1, 0.15) is 25.8 Å². The minimum absolute atomic E-state index is 0.175. The second-order valence-electron chi connectivity index (χ2n) is 5.24. The maximum atomic E-state index is 12.7. The van der Waals surface area contributed by atoms with Gasteiger partial charge in [-0.25, -0.2) is 4.39 Å². The third-order valence-electron chi connectivity index (χ3n) is 3.03. The molecule has 0 fully saturated rings. The molecule has 3 N–H and O–H groups in total.